The van der Waals surface area contributed by atoms with Crippen LogP contribution >= 0.6 is 0 Å². The van der Waals surface area contributed by atoms with E-state index in [9.17, 15) is 13.6 Å². The molecule has 0 radical (unpaired) electrons. The third-order valence-corrected chi connectivity index (χ3v) is 4.47. The molecule has 3 rings (SSSR count). The number of carbonyl (C=O) groups excluding carboxylic acids is 1. The summed E-state index contributed by atoms with van der Waals surface area (Å²) < 4.78 is 35.0. The van der Waals surface area contributed by atoms with E-state index in [0.717, 1.165) is 17.7 Å². The third-order valence-electron chi connectivity index (χ3n) is 4.47. The molecule has 7 nitrogen and oxygen atoms in total. The molecule has 0 bridgehead atoms. The topological polar surface area (TPSA) is 114 Å². The molecule has 0 spiro atoms. The van der Waals surface area contributed by atoms with Crippen molar-refractivity contribution >= 4 is 11.7 Å². The summed E-state index contributed by atoms with van der Waals surface area (Å²) in [6.45, 7) is 1.82. The van der Waals surface area contributed by atoms with Crippen LogP contribution in [0.1, 0.15) is 29.7 Å². The lowest BCUT2D eigenvalue weighted by Gasteiger charge is -2.19. The van der Waals surface area contributed by atoms with Crippen LogP contribution in [-0.4, -0.2) is 28.3 Å². The Morgan fingerprint density at radius 2 is 1.77 bits per heavy atom. The molecule has 1 atom stereocenters. The molecule has 2 aromatic carbocycles. The zero-order valence-electron chi connectivity index (χ0n) is 16.7. The molecule has 0 aliphatic carbocycles. The number of nitrogens with one attached hydrogen (secondary N) is 2. The monoisotopic (exact) mass is 425 g/mol. The largest absolute Gasteiger partial charge is 0.384 e. The number of nitrogens with two attached hydrogens (primary N) is 1. The number of benzene rings is 2. The number of amides is 1. The predicted molar refractivity (Wildman–Crippen MR) is 111 cm³/mol. The fourth-order valence-corrected chi connectivity index (χ4v) is 2.95. The Balaban J connectivity index is 1.80. The van der Waals surface area contributed by atoms with Crippen LogP contribution in [0.25, 0.3) is 11.4 Å². The van der Waals surface area contributed by atoms with Crippen LogP contribution in [0.3, 0.4) is 0 Å². The van der Waals surface area contributed by atoms with Gasteiger partial charge in [-0.05, 0) is 30.7 Å². The molecule has 160 valence electrons. The highest BCUT2D eigenvalue weighted by atomic mass is 19.1. The number of carbonyl (C=O) groups is 1. The number of amidine groups is 1. The van der Waals surface area contributed by atoms with Gasteiger partial charge in [0.25, 0.3) is 5.91 Å². The van der Waals surface area contributed by atoms with Crippen molar-refractivity contribution in [1.82, 2.24) is 15.3 Å². The Morgan fingerprint density at radius 3 is 2.32 bits per heavy atom. The number of nitrogens with zero attached hydrogens (tertiary/aromatic N) is 2. The van der Waals surface area contributed by atoms with Gasteiger partial charge in [-0.1, -0.05) is 24.3 Å². The van der Waals surface area contributed by atoms with Crippen LogP contribution in [0, 0.1) is 17.0 Å². The predicted octanol–water partition coefficient (Wildman–Crippen LogP) is 3.10. The lowest BCUT2D eigenvalue weighted by Crippen LogP contribution is -2.31. The van der Waals surface area contributed by atoms with Gasteiger partial charge in [-0.15, -0.1) is 0 Å². The molecule has 0 aliphatic rings. The standard InChI is InChI=1S/C22H21F2N5O2/c1-2-31-19(22(30)29-12-13-4-6-14(7-5-13)20(25)26)18-16(23)10-15(11-17(18)24)21-27-8-3-9-28-21/h3-11,19H,2,12H2,1H3,(H3,25,26)(H,29,30)/t19-/m0/s1. The van der Waals surface area contributed by atoms with E-state index >= 15 is 0 Å². The maximum atomic E-state index is 14.8. The van der Waals surface area contributed by atoms with E-state index in [2.05, 4.69) is 15.3 Å². The quantitative estimate of drug-likeness (QED) is 0.379. The van der Waals surface area contributed by atoms with E-state index < -0.39 is 29.2 Å². The maximum Gasteiger partial charge on any atom is 0.254 e. The molecule has 0 saturated heterocycles. The van der Waals surface area contributed by atoms with Crippen molar-refractivity contribution in [2.75, 3.05) is 6.61 Å². The second-order valence-corrected chi connectivity index (χ2v) is 6.59. The van der Waals surface area contributed by atoms with Crippen molar-refractivity contribution in [3.05, 3.63) is 83.2 Å². The first-order valence-corrected chi connectivity index (χ1v) is 9.49. The van der Waals surface area contributed by atoms with Crippen molar-refractivity contribution < 1.29 is 18.3 Å². The Bertz CT molecular complexity index is 1050. The van der Waals surface area contributed by atoms with Gasteiger partial charge in [0, 0.05) is 36.7 Å². The molecule has 31 heavy (non-hydrogen) atoms. The summed E-state index contributed by atoms with van der Waals surface area (Å²) in [5.74, 6) is -2.44. The number of hydrogen-bond acceptors (Lipinski definition) is 5. The summed E-state index contributed by atoms with van der Waals surface area (Å²) in [4.78, 5) is 20.7. The number of ether oxygens (including phenoxy) is 1. The van der Waals surface area contributed by atoms with Gasteiger partial charge in [0.15, 0.2) is 11.9 Å². The highest BCUT2D eigenvalue weighted by Gasteiger charge is 2.28. The van der Waals surface area contributed by atoms with Crippen LogP contribution in [0.4, 0.5) is 8.78 Å². The highest BCUT2D eigenvalue weighted by molar-refractivity contribution is 5.94. The molecule has 9 heteroatoms. The molecular weight excluding hydrogens is 404 g/mol. The van der Waals surface area contributed by atoms with E-state index in [1.165, 1.54) is 12.4 Å². The zero-order valence-corrected chi connectivity index (χ0v) is 16.7. The van der Waals surface area contributed by atoms with Crippen molar-refractivity contribution in [2.24, 2.45) is 5.73 Å². The number of rotatable bonds is 8. The summed E-state index contributed by atoms with van der Waals surface area (Å²) in [7, 11) is 0. The van der Waals surface area contributed by atoms with Gasteiger partial charge in [-0.2, -0.15) is 0 Å². The number of nitrogen functional groups attached to an aromatic ring is 1. The van der Waals surface area contributed by atoms with Crippen molar-refractivity contribution in [3.8, 4) is 11.4 Å². The molecule has 0 saturated carbocycles. The normalized spacial score (nSPS) is 11.7. The van der Waals surface area contributed by atoms with Gasteiger partial charge in [-0.25, -0.2) is 18.7 Å². The maximum absolute atomic E-state index is 14.8. The number of aromatic nitrogens is 2. The van der Waals surface area contributed by atoms with Crippen LogP contribution in [0.2, 0.25) is 0 Å². The SMILES string of the molecule is CCO[C@H](C(=O)NCc1ccc(C(=N)N)cc1)c1c(F)cc(-c2ncccn2)cc1F. The lowest BCUT2D eigenvalue weighted by atomic mass is 10.0. The molecule has 4 N–H and O–H groups in total. The van der Waals surface area contributed by atoms with Gasteiger partial charge in [0.1, 0.15) is 17.5 Å². The first-order chi connectivity index (χ1) is 14.9. The molecule has 1 heterocycles. The molecule has 0 unspecified atom stereocenters. The lowest BCUT2D eigenvalue weighted by molar-refractivity contribution is -0.133. The fraction of sp³-hybridized carbons (Fsp3) is 0.182. The van der Waals surface area contributed by atoms with Gasteiger partial charge in [0.05, 0.1) is 5.56 Å². The average molecular weight is 425 g/mol. The van der Waals surface area contributed by atoms with Crippen LogP contribution in [-0.2, 0) is 16.1 Å². The van der Waals surface area contributed by atoms with Crippen LogP contribution in [0.15, 0.2) is 54.9 Å². The molecule has 0 aliphatic heterocycles. The van der Waals surface area contributed by atoms with Gasteiger partial charge < -0.3 is 15.8 Å². The molecule has 0 fully saturated rings. The van der Waals surface area contributed by atoms with Gasteiger partial charge in [-0.3, -0.25) is 10.2 Å². The minimum absolute atomic E-state index is 0.0673. The first kappa shape index (κ1) is 22.0. The second kappa shape index (κ2) is 9.86. The van der Waals surface area contributed by atoms with Gasteiger partial charge >= 0.3 is 0 Å². The molecule has 3 aromatic rings. The number of hydrogen-bond donors (Lipinski definition) is 3. The first-order valence-electron chi connectivity index (χ1n) is 9.49. The minimum atomic E-state index is -1.47. The zero-order chi connectivity index (χ0) is 22.4. The summed E-state index contributed by atoms with van der Waals surface area (Å²) in [6.07, 6.45) is 1.46. The van der Waals surface area contributed by atoms with E-state index in [4.69, 9.17) is 15.9 Å². The smallest absolute Gasteiger partial charge is 0.254 e. The summed E-state index contributed by atoms with van der Waals surface area (Å²) >= 11 is 0. The van der Waals surface area contributed by atoms with E-state index in [1.54, 1.807) is 37.3 Å². The van der Waals surface area contributed by atoms with E-state index in [1.807, 2.05) is 0 Å². The molecular formula is C22H21F2N5O2. The fourth-order valence-electron chi connectivity index (χ4n) is 2.95. The second-order valence-electron chi connectivity index (χ2n) is 6.59. The Hall–Kier alpha value is -3.72. The Kier molecular flexibility index (Phi) is 6.99. The van der Waals surface area contributed by atoms with Crippen molar-refractivity contribution in [2.45, 2.75) is 19.6 Å². The number of halogens is 2. The highest BCUT2D eigenvalue weighted by Crippen LogP contribution is 2.28. The van der Waals surface area contributed by atoms with E-state index in [-0.39, 0.29) is 30.4 Å². The van der Waals surface area contributed by atoms with Crippen LogP contribution in [0.5, 0.6) is 0 Å². The average Bonchev–Trinajstić information content (AvgIpc) is 2.77. The summed E-state index contributed by atoms with van der Waals surface area (Å²) in [6, 6.07) is 10.4. The Morgan fingerprint density at radius 1 is 1.16 bits per heavy atom. The van der Waals surface area contributed by atoms with Gasteiger partial charge in [0.2, 0.25) is 0 Å². The molecule has 1 amide bonds. The Labute approximate surface area is 177 Å². The van der Waals surface area contributed by atoms with Crippen LogP contribution < -0.4 is 11.1 Å². The third kappa shape index (κ3) is 5.26. The van der Waals surface area contributed by atoms with E-state index in [0.29, 0.717) is 5.56 Å². The summed E-state index contributed by atoms with van der Waals surface area (Å²) in [5, 5.41) is 10.0. The van der Waals surface area contributed by atoms with Crippen molar-refractivity contribution in [3.63, 3.8) is 0 Å². The minimum Gasteiger partial charge on any atom is -0.384 e. The summed E-state index contributed by atoms with van der Waals surface area (Å²) in [5.41, 5.74) is 6.37. The molecule has 1 aromatic heterocycles. The van der Waals surface area contributed by atoms with Crippen molar-refractivity contribution in [1.29, 1.82) is 5.41 Å².